The van der Waals surface area contributed by atoms with Crippen molar-refractivity contribution in [1.29, 1.82) is 0 Å². The lowest BCUT2D eigenvalue weighted by atomic mass is 9.98. The highest BCUT2D eigenvalue weighted by atomic mass is 16.9. The molecular weight excluding hydrogens is 378 g/mol. The fourth-order valence-corrected chi connectivity index (χ4v) is 4.18. The first kappa shape index (κ1) is 19.0. The molecule has 0 saturated carbocycles. The molecule has 5 atom stereocenters. The first-order chi connectivity index (χ1) is 13.7. The molecule has 0 unspecified atom stereocenters. The summed E-state index contributed by atoms with van der Waals surface area (Å²) < 4.78 is 29.8. The van der Waals surface area contributed by atoms with Crippen LogP contribution in [-0.2, 0) is 35.0 Å². The zero-order valence-corrected chi connectivity index (χ0v) is 16.8. The van der Waals surface area contributed by atoms with Gasteiger partial charge in [0.25, 0.3) is 5.91 Å². The number of fused-ring (bicyclic) bond motifs is 4. The van der Waals surface area contributed by atoms with Crippen molar-refractivity contribution in [3.05, 3.63) is 30.1 Å². The standard InChI is InChI=1S/C20H25N3O6/c1-19(2)26-13-14(27-19)16-18(29-20(3,4)28-16)25-15(13)17(24)21-9-12-22-10-7-5-6-8-11(10)23-12/h5-8,13-16,18H,9H2,1-4H3,(H,21,24)(H,22,23)/t13-,14+,15+,16+,18-/m0/s1. The number of carbonyl (C=O) groups excluding carboxylic acids is 1. The number of benzene rings is 1. The number of nitrogens with one attached hydrogen (secondary N) is 2. The Hall–Kier alpha value is -2.04. The highest BCUT2D eigenvalue weighted by molar-refractivity contribution is 5.82. The predicted octanol–water partition coefficient (Wildman–Crippen LogP) is 1.58. The molecule has 2 aromatic rings. The predicted molar refractivity (Wildman–Crippen MR) is 100 cm³/mol. The van der Waals surface area contributed by atoms with Crippen LogP contribution in [0, 0.1) is 0 Å². The molecule has 3 aliphatic rings. The van der Waals surface area contributed by atoms with Crippen LogP contribution < -0.4 is 5.32 Å². The van der Waals surface area contributed by atoms with Crippen LogP contribution in [0.15, 0.2) is 24.3 Å². The van der Waals surface area contributed by atoms with Crippen LogP contribution >= 0.6 is 0 Å². The van der Waals surface area contributed by atoms with Gasteiger partial charge in [0.15, 0.2) is 24.0 Å². The van der Waals surface area contributed by atoms with Crippen LogP contribution in [0.4, 0.5) is 0 Å². The normalized spacial score (nSPS) is 34.7. The van der Waals surface area contributed by atoms with Gasteiger partial charge in [0.1, 0.15) is 24.1 Å². The molecule has 1 amide bonds. The van der Waals surface area contributed by atoms with Crippen molar-refractivity contribution in [1.82, 2.24) is 15.3 Å². The van der Waals surface area contributed by atoms with E-state index in [2.05, 4.69) is 15.3 Å². The van der Waals surface area contributed by atoms with Gasteiger partial charge in [0, 0.05) is 0 Å². The molecule has 3 aliphatic heterocycles. The fraction of sp³-hybridized carbons (Fsp3) is 0.600. The maximum Gasteiger partial charge on any atom is 0.252 e. The van der Waals surface area contributed by atoms with E-state index in [1.54, 1.807) is 13.8 Å². The molecule has 156 valence electrons. The molecule has 1 aromatic carbocycles. The third-order valence-corrected chi connectivity index (χ3v) is 5.28. The Balaban J connectivity index is 1.33. The summed E-state index contributed by atoms with van der Waals surface area (Å²) in [4.78, 5) is 20.7. The van der Waals surface area contributed by atoms with Crippen molar-refractivity contribution in [2.24, 2.45) is 0 Å². The van der Waals surface area contributed by atoms with Gasteiger partial charge in [-0.25, -0.2) is 4.98 Å². The van der Waals surface area contributed by atoms with Crippen LogP contribution in [0.5, 0.6) is 0 Å². The highest BCUT2D eigenvalue weighted by Gasteiger charge is 2.62. The molecule has 9 heteroatoms. The van der Waals surface area contributed by atoms with E-state index in [1.807, 2.05) is 38.1 Å². The minimum atomic E-state index is -0.884. The van der Waals surface area contributed by atoms with Crippen LogP contribution in [0.1, 0.15) is 33.5 Å². The maximum atomic E-state index is 13.0. The molecule has 1 aromatic heterocycles. The number of H-pyrrole nitrogens is 1. The molecule has 5 rings (SSSR count). The summed E-state index contributed by atoms with van der Waals surface area (Å²) in [6, 6.07) is 7.70. The quantitative estimate of drug-likeness (QED) is 0.802. The lowest BCUT2D eigenvalue weighted by Crippen LogP contribution is -2.59. The van der Waals surface area contributed by atoms with E-state index in [4.69, 9.17) is 23.7 Å². The molecule has 0 bridgehead atoms. The molecule has 2 N–H and O–H groups in total. The van der Waals surface area contributed by atoms with Crippen molar-refractivity contribution in [2.45, 2.75) is 76.5 Å². The first-order valence-corrected chi connectivity index (χ1v) is 9.79. The summed E-state index contributed by atoms with van der Waals surface area (Å²) in [7, 11) is 0. The van der Waals surface area contributed by atoms with Gasteiger partial charge in [-0.1, -0.05) is 12.1 Å². The molecule has 3 saturated heterocycles. The van der Waals surface area contributed by atoms with Crippen molar-refractivity contribution in [3.8, 4) is 0 Å². The van der Waals surface area contributed by atoms with Crippen molar-refractivity contribution in [3.63, 3.8) is 0 Å². The van der Waals surface area contributed by atoms with E-state index in [-0.39, 0.29) is 12.5 Å². The molecule has 9 nitrogen and oxygen atoms in total. The van der Waals surface area contributed by atoms with Gasteiger partial charge in [0.2, 0.25) is 0 Å². The Bertz CT molecular complexity index is 908. The summed E-state index contributed by atoms with van der Waals surface area (Å²) >= 11 is 0. The summed E-state index contributed by atoms with van der Waals surface area (Å²) in [6.07, 6.45) is -3.11. The number of para-hydroxylation sites is 2. The van der Waals surface area contributed by atoms with Crippen molar-refractivity contribution < 1.29 is 28.5 Å². The van der Waals surface area contributed by atoms with Crippen molar-refractivity contribution >= 4 is 16.9 Å². The van der Waals surface area contributed by atoms with E-state index in [9.17, 15) is 4.79 Å². The van der Waals surface area contributed by atoms with Gasteiger partial charge in [-0.05, 0) is 39.8 Å². The molecule has 29 heavy (non-hydrogen) atoms. The molecule has 0 radical (unpaired) electrons. The first-order valence-electron chi connectivity index (χ1n) is 9.79. The molecular formula is C20H25N3O6. The second-order valence-corrected chi connectivity index (χ2v) is 8.51. The van der Waals surface area contributed by atoms with E-state index < -0.39 is 42.3 Å². The highest BCUT2D eigenvalue weighted by Crippen LogP contribution is 2.44. The number of aromatic amines is 1. The third-order valence-electron chi connectivity index (χ3n) is 5.28. The van der Waals surface area contributed by atoms with Gasteiger partial charge >= 0.3 is 0 Å². The minimum Gasteiger partial charge on any atom is -0.347 e. The number of aromatic nitrogens is 2. The summed E-state index contributed by atoms with van der Waals surface area (Å²) in [6.45, 7) is 7.48. The van der Waals surface area contributed by atoms with E-state index in [0.717, 1.165) is 11.0 Å². The second kappa shape index (κ2) is 6.48. The average molecular weight is 403 g/mol. The van der Waals surface area contributed by atoms with Gasteiger partial charge in [-0.3, -0.25) is 4.79 Å². The zero-order chi connectivity index (χ0) is 20.4. The van der Waals surface area contributed by atoms with E-state index in [0.29, 0.717) is 5.82 Å². The summed E-state index contributed by atoms with van der Waals surface area (Å²) in [5.74, 6) is -1.32. The third kappa shape index (κ3) is 3.43. The Morgan fingerprint density at radius 1 is 1.03 bits per heavy atom. The SMILES string of the molecule is CC1(C)O[C@@H]2O[C@@H](C(=O)NCc3nc4ccccc4[nH]3)[C@H]3OC(C)(C)O[C@H]3[C@H]2O1. The lowest BCUT2D eigenvalue weighted by Gasteiger charge is -2.36. The number of ether oxygens (including phenoxy) is 5. The molecule has 3 fully saturated rings. The molecule has 0 spiro atoms. The Kier molecular flexibility index (Phi) is 4.24. The van der Waals surface area contributed by atoms with E-state index in [1.165, 1.54) is 0 Å². The number of rotatable bonds is 3. The van der Waals surface area contributed by atoms with Gasteiger partial charge in [-0.2, -0.15) is 0 Å². The molecule has 0 aliphatic carbocycles. The van der Waals surface area contributed by atoms with Gasteiger partial charge in [-0.15, -0.1) is 0 Å². The number of hydrogen-bond acceptors (Lipinski definition) is 7. The van der Waals surface area contributed by atoms with Crippen LogP contribution in [0.3, 0.4) is 0 Å². The summed E-state index contributed by atoms with van der Waals surface area (Å²) in [5, 5.41) is 2.88. The van der Waals surface area contributed by atoms with E-state index >= 15 is 0 Å². The number of amides is 1. The molecule has 4 heterocycles. The number of imidazole rings is 1. The van der Waals surface area contributed by atoms with Crippen LogP contribution in [-0.4, -0.2) is 58.2 Å². The average Bonchev–Trinajstić information content (AvgIpc) is 3.29. The van der Waals surface area contributed by atoms with Gasteiger partial charge < -0.3 is 34.0 Å². The monoisotopic (exact) mass is 403 g/mol. The van der Waals surface area contributed by atoms with Crippen LogP contribution in [0.25, 0.3) is 11.0 Å². The number of hydrogen-bond donors (Lipinski definition) is 2. The van der Waals surface area contributed by atoms with Crippen LogP contribution in [0.2, 0.25) is 0 Å². The Labute approximate surface area is 168 Å². The topological polar surface area (TPSA) is 104 Å². The smallest absolute Gasteiger partial charge is 0.252 e. The van der Waals surface area contributed by atoms with Gasteiger partial charge in [0.05, 0.1) is 17.6 Å². The number of nitrogens with zero attached hydrogens (tertiary/aromatic N) is 1. The summed E-state index contributed by atoms with van der Waals surface area (Å²) in [5.41, 5.74) is 1.77. The second-order valence-electron chi connectivity index (χ2n) is 8.51. The largest absolute Gasteiger partial charge is 0.347 e. The zero-order valence-electron chi connectivity index (χ0n) is 16.8. The fourth-order valence-electron chi connectivity index (χ4n) is 4.18. The maximum absolute atomic E-state index is 13.0. The Morgan fingerprint density at radius 3 is 2.52 bits per heavy atom. The minimum absolute atomic E-state index is 0.242. The Morgan fingerprint density at radius 2 is 1.72 bits per heavy atom. The lowest BCUT2D eigenvalue weighted by molar-refractivity contribution is -0.231. The van der Waals surface area contributed by atoms with Crippen molar-refractivity contribution in [2.75, 3.05) is 0 Å². The number of carbonyl (C=O) groups is 1.